The number of aromatic nitrogens is 4. The highest BCUT2D eigenvalue weighted by atomic mass is 32.2. The number of aryl methyl sites for hydroxylation is 2. The maximum absolute atomic E-state index is 13.0. The second kappa shape index (κ2) is 7.08. The molecule has 27 heavy (non-hydrogen) atoms. The molecule has 0 fully saturated rings. The molecule has 136 valence electrons. The predicted octanol–water partition coefficient (Wildman–Crippen LogP) is 4.19. The number of rotatable bonds is 5. The van der Waals surface area contributed by atoms with Crippen molar-refractivity contribution in [2.24, 2.45) is 7.05 Å². The van der Waals surface area contributed by atoms with Gasteiger partial charge in [-0.25, -0.2) is 9.37 Å². The van der Waals surface area contributed by atoms with Crippen LogP contribution in [-0.4, -0.2) is 31.3 Å². The number of halogens is 1. The fraction of sp³-hybridized carbons (Fsp3) is 0.200. The van der Waals surface area contributed by atoms with E-state index in [9.17, 15) is 9.18 Å². The largest absolute Gasteiger partial charge is 0.327 e. The second-order valence-electron chi connectivity index (χ2n) is 6.25. The summed E-state index contributed by atoms with van der Waals surface area (Å²) in [4.78, 5) is 16.8. The minimum absolute atomic E-state index is 0.103. The van der Waals surface area contributed by atoms with Gasteiger partial charge in [-0.1, -0.05) is 24.8 Å². The number of hydrogen-bond acceptors (Lipinski definition) is 5. The molecule has 0 atom stereocenters. The molecule has 4 aromatic rings. The summed E-state index contributed by atoms with van der Waals surface area (Å²) in [5.74, 6) is -0.296. The van der Waals surface area contributed by atoms with E-state index in [0.717, 1.165) is 28.5 Å². The Morgan fingerprint density at radius 2 is 1.93 bits per heavy atom. The average molecular weight is 380 g/mol. The maximum Gasteiger partial charge on any atom is 0.211 e. The van der Waals surface area contributed by atoms with Crippen molar-refractivity contribution >= 4 is 39.6 Å². The van der Waals surface area contributed by atoms with Crippen molar-refractivity contribution in [3.63, 3.8) is 0 Å². The molecule has 0 bridgehead atoms. The Kier molecular flexibility index (Phi) is 4.61. The number of hydrogen-bond donors (Lipinski definition) is 0. The van der Waals surface area contributed by atoms with Crippen LogP contribution in [0, 0.1) is 5.82 Å². The summed E-state index contributed by atoms with van der Waals surface area (Å²) < 4.78 is 15.0. The van der Waals surface area contributed by atoms with E-state index in [1.54, 1.807) is 0 Å². The van der Waals surface area contributed by atoms with Gasteiger partial charge in [0, 0.05) is 18.0 Å². The van der Waals surface area contributed by atoms with Crippen LogP contribution in [0.3, 0.4) is 0 Å². The van der Waals surface area contributed by atoms with Gasteiger partial charge in [0.15, 0.2) is 11.4 Å². The van der Waals surface area contributed by atoms with E-state index in [1.807, 2.05) is 11.6 Å². The summed E-state index contributed by atoms with van der Waals surface area (Å²) in [6.45, 7) is 2.11. The first-order chi connectivity index (χ1) is 13.1. The van der Waals surface area contributed by atoms with Crippen LogP contribution < -0.4 is 0 Å². The zero-order valence-corrected chi connectivity index (χ0v) is 15.8. The Labute approximate surface area is 159 Å². The van der Waals surface area contributed by atoms with Crippen LogP contribution >= 0.6 is 11.8 Å². The van der Waals surface area contributed by atoms with Crippen LogP contribution in [-0.2, 0) is 13.5 Å². The number of nitrogens with zero attached hydrogens (tertiary/aromatic N) is 4. The molecule has 2 aromatic heterocycles. The number of carbonyl (C=O) groups is 1. The molecule has 0 radical (unpaired) electrons. The van der Waals surface area contributed by atoms with E-state index in [0.29, 0.717) is 10.7 Å². The lowest BCUT2D eigenvalue weighted by molar-refractivity contribution is 0.102. The lowest BCUT2D eigenvalue weighted by Crippen LogP contribution is -2.04. The lowest BCUT2D eigenvalue weighted by atomic mass is 10.1. The Hall–Kier alpha value is -2.80. The molecule has 4 rings (SSSR count). The van der Waals surface area contributed by atoms with E-state index in [4.69, 9.17) is 0 Å². The van der Waals surface area contributed by atoms with Crippen molar-refractivity contribution in [2.45, 2.75) is 18.5 Å². The van der Waals surface area contributed by atoms with Crippen LogP contribution in [0.5, 0.6) is 0 Å². The third-order valence-electron chi connectivity index (χ3n) is 4.55. The van der Waals surface area contributed by atoms with Crippen molar-refractivity contribution in [3.8, 4) is 0 Å². The van der Waals surface area contributed by atoms with Crippen molar-refractivity contribution in [1.82, 2.24) is 19.7 Å². The standard InChI is InChI=1S/C20H17FN4OS/c1-3-12-4-9-16-15(10-12)18-19(25(16)2)22-20(24-23-18)27-11-17(26)13-5-7-14(21)8-6-13/h4-10H,3,11H2,1-2H3. The van der Waals surface area contributed by atoms with Gasteiger partial charge in [0.05, 0.1) is 11.3 Å². The molecule has 0 aliphatic heterocycles. The van der Waals surface area contributed by atoms with E-state index in [2.05, 4.69) is 40.3 Å². The van der Waals surface area contributed by atoms with Crippen molar-refractivity contribution < 1.29 is 9.18 Å². The summed E-state index contributed by atoms with van der Waals surface area (Å²) in [5.41, 5.74) is 4.25. The first-order valence-corrected chi connectivity index (χ1v) is 9.58. The molecule has 5 nitrogen and oxygen atoms in total. The molecule has 0 aliphatic rings. The fourth-order valence-corrected chi connectivity index (χ4v) is 3.70. The molecular weight excluding hydrogens is 363 g/mol. The Morgan fingerprint density at radius 1 is 1.15 bits per heavy atom. The molecular formula is C20H17FN4OS. The number of thioether (sulfide) groups is 1. The summed E-state index contributed by atoms with van der Waals surface area (Å²) in [7, 11) is 1.95. The predicted molar refractivity (Wildman–Crippen MR) is 105 cm³/mol. The van der Waals surface area contributed by atoms with Gasteiger partial charge in [-0.15, -0.1) is 10.2 Å². The SMILES string of the molecule is CCc1ccc2c(c1)c1nnc(SCC(=O)c3ccc(F)cc3)nc1n2C. The highest BCUT2D eigenvalue weighted by Gasteiger charge is 2.14. The number of fused-ring (bicyclic) bond motifs is 3. The van der Waals surface area contributed by atoms with E-state index < -0.39 is 0 Å². The smallest absolute Gasteiger partial charge is 0.211 e. The van der Waals surface area contributed by atoms with E-state index in [1.165, 1.54) is 41.6 Å². The van der Waals surface area contributed by atoms with Gasteiger partial charge in [0.25, 0.3) is 0 Å². The zero-order chi connectivity index (χ0) is 19.0. The first-order valence-electron chi connectivity index (χ1n) is 8.60. The van der Waals surface area contributed by atoms with E-state index >= 15 is 0 Å². The third-order valence-corrected chi connectivity index (χ3v) is 5.39. The molecule has 0 N–H and O–H groups in total. The van der Waals surface area contributed by atoms with Crippen LogP contribution in [0.25, 0.3) is 22.1 Å². The zero-order valence-electron chi connectivity index (χ0n) is 14.9. The summed E-state index contributed by atoms with van der Waals surface area (Å²) in [6, 6.07) is 11.8. The summed E-state index contributed by atoms with van der Waals surface area (Å²) >= 11 is 1.23. The Balaban J connectivity index is 1.61. The second-order valence-corrected chi connectivity index (χ2v) is 7.19. The highest BCUT2D eigenvalue weighted by molar-refractivity contribution is 7.99. The average Bonchev–Trinajstić information content (AvgIpc) is 2.98. The van der Waals surface area contributed by atoms with Crippen molar-refractivity contribution in [3.05, 3.63) is 59.4 Å². The molecule has 0 unspecified atom stereocenters. The third kappa shape index (κ3) is 3.30. The molecule has 0 aliphatic carbocycles. The molecule has 0 saturated heterocycles. The summed E-state index contributed by atoms with van der Waals surface area (Å²) in [6.07, 6.45) is 0.951. The van der Waals surface area contributed by atoms with Crippen molar-refractivity contribution in [2.75, 3.05) is 5.75 Å². The van der Waals surface area contributed by atoms with Gasteiger partial charge in [-0.05, 0) is 48.4 Å². The normalized spacial score (nSPS) is 11.4. The maximum atomic E-state index is 13.0. The van der Waals surface area contributed by atoms with Gasteiger partial charge >= 0.3 is 0 Å². The van der Waals surface area contributed by atoms with Crippen LogP contribution in [0.1, 0.15) is 22.8 Å². The molecule has 2 aromatic carbocycles. The minimum atomic E-state index is -0.362. The fourth-order valence-electron chi connectivity index (χ4n) is 3.02. The first kappa shape index (κ1) is 17.6. The van der Waals surface area contributed by atoms with Gasteiger partial charge in [0.1, 0.15) is 11.3 Å². The van der Waals surface area contributed by atoms with Crippen molar-refractivity contribution in [1.29, 1.82) is 0 Å². The summed E-state index contributed by atoms with van der Waals surface area (Å²) in [5, 5.41) is 10.0. The minimum Gasteiger partial charge on any atom is -0.327 e. The monoisotopic (exact) mass is 380 g/mol. The van der Waals surface area contributed by atoms with E-state index in [-0.39, 0.29) is 17.4 Å². The number of carbonyl (C=O) groups excluding carboxylic acids is 1. The van der Waals surface area contributed by atoms with Gasteiger partial charge in [-0.3, -0.25) is 4.79 Å². The molecule has 7 heteroatoms. The molecule has 0 amide bonds. The van der Waals surface area contributed by atoms with Gasteiger partial charge in [0.2, 0.25) is 5.16 Å². The molecule has 0 spiro atoms. The molecule has 2 heterocycles. The number of ketones is 1. The topological polar surface area (TPSA) is 60.7 Å². The van der Waals surface area contributed by atoms with Gasteiger partial charge in [-0.2, -0.15) is 0 Å². The number of benzene rings is 2. The quantitative estimate of drug-likeness (QED) is 0.384. The van der Waals surface area contributed by atoms with Crippen LogP contribution in [0.2, 0.25) is 0 Å². The lowest BCUT2D eigenvalue weighted by Gasteiger charge is -2.01. The number of Topliss-reactive ketones (excluding diaryl/α,β-unsaturated/α-hetero) is 1. The van der Waals surface area contributed by atoms with Crippen LogP contribution in [0.15, 0.2) is 47.6 Å². The Bertz CT molecular complexity index is 1150. The van der Waals surface area contributed by atoms with Crippen LogP contribution in [0.4, 0.5) is 4.39 Å². The highest BCUT2D eigenvalue weighted by Crippen LogP contribution is 2.27. The van der Waals surface area contributed by atoms with Gasteiger partial charge < -0.3 is 4.57 Å². The molecule has 0 saturated carbocycles. The Morgan fingerprint density at radius 3 is 2.67 bits per heavy atom.